The molecule has 2 N–H and O–H groups in total. The van der Waals surface area contributed by atoms with Gasteiger partial charge in [0.1, 0.15) is 0 Å². The summed E-state index contributed by atoms with van der Waals surface area (Å²) in [6.45, 7) is 3.48. The summed E-state index contributed by atoms with van der Waals surface area (Å²) in [4.78, 5) is 14.1. The second-order valence-corrected chi connectivity index (χ2v) is 4.73. The number of hydrogen-bond donors (Lipinski definition) is 1. The van der Waals surface area contributed by atoms with Crippen molar-refractivity contribution < 1.29 is 4.79 Å². The zero-order valence-electron chi connectivity index (χ0n) is 10.4. The lowest BCUT2D eigenvalue weighted by Gasteiger charge is -2.31. The molecule has 0 radical (unpaired) electrons. The fraction of sp³-hybridized carbons (Fsp3) is 0.500. The summed E-state index contributed by atoms with van der Waals surface area (Å²) in [5, 5.41) is 0. The van der Waals surface area contributed by atoms with E-state index in [9.17, 15) is 4.79 Å². The second kappa shape index (κ2) is 5.21. The number of amides is 1. The predicted molar refractivity (Wildman–Crippen MR) is 69.3 cm³/mol. The average Bonchev–Trinajstić information content (AvgIpc) is 2.23. The topological polar surface area (TPSA) is 46.3 Å². The van der Waals surface area contributed by atoms with Gasteiger partial charge in [0.15, 0.2) is 0 Å². The van der Waals surface area contributed by atoms with Gasteiger partial charge in [-0.1, -0.05) is 18.6 Å². The summed E-state index contributed by atoms with van der Waals surface area (Å²) < 4.78 is 0. The predicted octanol–water partition coefficient (Wildman–Crippen LogP) is 2.42. The Labute approximate surface area is 103 Å². The van der Waals surface area contributed by atoms with E-state index in [2.05, 4.69) is 0 Å². The lowest BCUT2D eigenvalue weighted by atomic mass is 9.84. The Morgan fingerprint density at radius 2 is 2.24 bits per heavy atom. The van der Waals surface area contributed by atoms with Crippen molar-refractivity contribution in [1.82, 2.24) is 4.90 Å². The minimum atomic E-state index is 0.274. The molecule has 1 fully saturated rings. The molecule has 1 aliphatic rings. The van der Waals surface area contributed by atoms with Crippen molar-refractivity contribution in [2.45, 2.75) is 32.7 Å². The molecule has 0 saturated heterocycles. The van der Waals surface area contributed by atoms with Gasteiger partial charge in [0, 0.05) is 24.7 Å². The molecular weight excluding hydrogens is 212 g/mol. The third kappa shape index (κ3) is 2.78. The second-order valence-electron chi connectivity index (χ2n) is 4.73. The normalized spacial score (nSPS) is 15.4. The van der Waals surface area contributed by atoms with Crippen LogP contribution in [0.25, 0.3) is 0 Å². The molecule has 2 rings (SSSR count). The standard InChI is InChI=1S/C14H20N2O/c1-2-16(14(17)12-6-4-7-12)10-11-5-3-8-13(15)9-11/h3,5,8-9,12H,2,4,6-7,10,15H2,1H3. The number of nitrogens with zero attached hydrogens (tertiary/aromatic N) is 1. The van der Waals surface area contributed by atoms with E-state index < -0.39 is 0 Å². The van der Waals surface area contributed by atoms with Crippen molar-refractivity contribution in [1.29, 1.82) is 0 Å². The Morgan fingerprint density at radius 3 is 2.76 bits per heavy atom. The quantitative estimate of drug-likeness (QED) is 0.810. The molecule has 17 heavy (non-hydrogen) atoms. The molecular formula is C14H20N2O. The molecule has 1 saturated carbocycles. The molecule has 1 amide bonds. The van der Waals surface area contributed by atoms with Gasteiger partial charge < -0.3 is 10.6 Å². The molecule has 0 unspecified atom stereocenters. The number of rotatable bonds is 4. The monoisotopic (exact) mass is 232 g/mol. The first-order valence-electron chi connectivity index (χ1n) is 6.34. The molecule has 1 aromatic rings. The summed E-state index contributed by atoms with van der Waals surface area (Å²) in [5.74, 6) is 0.581. The van der Waals surface area contributed by atoms with Gasteiger partial charge in [0.2, 0.25) is 5.91 Å². The van der Waals surface area contributed by atoms with E-state index in [1.54, 1.807) is 0 Å². The van der Waals surface area contributed by atoms with Gasteiger partial charge in [-0.2, -0.15) is 0 Å². The highest BCUT2D eigenvalue weighted by Crippen LogP contribution is 2.28. The van der Waals surface area contributed by atoms with Crippen molar-refractivity contribution in [2.75, 3.05) is 12.3 Å². The maximum atomic E-state index is 12.1. The largest absolute Gasteiger partial charge is 0.399 e. The van der Waals surface area contributed by atoms with Crippen LogP contribution in [-0.2, 0) is 11.3 Å². The van der Waals surface area contributed by atoms with Crippen molar-refractivity contribution in [2.24, 2.45) is 5.92 Å². The number of nitrogen functional groups attached to an aromatic ring is 1. The summed E-state index contributed by atoms with van der Waals surface area (Å²) in [7, 11) is 0. The first kappa shape index (κ1) is 12.0. The van der Waals surface area contributed by atoms with Crippen LogP contribution in [0.5, 0.6) is 0 Å². The fourth-order valence-corrected chi connectivity index (χ4v) is 2.17. The van der Waals surface area contributed by atoms with Crippen LogP contribution in [0.3, 0.4) is 0 Å². The number of nitrogens with two attached hydrogens (primary N) is 1. The molecule has 0 bridgehead atoms. The summed E-state index contributed by atoms with van der Waals surface area (Å²) in [6, 6.07) is 7.77. The minimum absolute atomic E-state index is 0.274. The number of anilines is 1. The maximum Gasteiger partial charge on any atom is 0.225 e. The lowest BCUT2D eigenvalue weighted by Crippen LogP contribution is -2.38. The van der Waals surface area contributed by atoms with Crippen LogP contribution in [0.4, 0.5) is 5.69 Å². The van der Waals surface area contributed by atoms with Crippen molar-refractivity contribution in [3.8, 4) is 0 Å². The van der Waals surface area contributed by atoms with Crippen LogP contribution < -0.4 is 5.73 Å². The van der Waals surface area contributed by atoms with Gasteiger partial charge in [-0.3, -0.25) is 4.79 Å². The zero-order valence-corrected chi connectivity index (χ0v) is 10.4. The third-order valence-electron chi connectivity index (χ3n) is 3.47. The molecule has 1 aromatic carbocycles. The SMILES string of the molecule is CCN(Cc1cccc(N)c1)C(=O)C1CCC1. The number of carbonyl (C=O) groups is 1. The highest BCUT2D eigenvalue weighted by Gasteiger charge is 2.28. The Bertz CT molecular complexity index is 399. The van der Waals surface area contributed by atoms with Crippen molar-refractivity contribution >= 4 is 11.6 Å². The highest BCUT2D eigenvalue weighted by molar-refractivity contribution is 5.79. The molecule has 3 heteroatoms. The molecule has 0 heterocycles. The average molecular weight is 232 g/mol. The van der Waals surface area contributed by atoms with Crippen LogP contribution in [0.15, 0.2) is 24.3 Å². The van der Waals surface area contributed by atoms with E-state index in [1.807, 2.05) is 36.1 Å². The third-order valence-corrected chi connectivity index (χ3v) is 3.47. The van der Waals surface area contributed by atoms with E-state index >= 15 is 0 Å². The molecule has 1 aliphatic carbocycles. The molecule has 0 aromatic heterocycles. The van der Waals surface area contributed by atoms with Gasteiger partial charge in [-0.05, 0) is 37.5 Å². The van der Waals surface area contributed by atoms with E-state index in [0.29, 0.717) is 12.5 Å². The smallest absolute Gasteiger partial charge is 0.225 e. The number of benzene rings is 1. The van der Waals surface area contributed by atoms with Crippen LogP contribution in [0, 0.1) is 5.92 Å². The maximum absolute atomic E-state index is 12.1. The van der Waals surface area contributed by atoms with E-state index in [0.717, 1.165) is 30.6 Å². The molecule has 92 valence electrons. The number of carbonyl (C=O) groups excluding carboxylic acids is 1. The summed E-state index contributed by atoms with van der Waals surface area (Å²) in [6.07, 6.45) is 3.32. The zero-order chi connectivity index (χ0) is 12.3. The molecule has 0 aliphatic heterocycles. The van der Waals surface area contributed by atoms with Gasteiger partial charge in [0.05, 0.1) is 0 Å². The lowest BCUT2D eigenvalue weighted by molar-refractivity contribution is -0.138. The van der Waals surface area contributed by atoms with Crippen LogP contribution in [0.1, 0.15) is 31.7 Å². The minimum Gasteiger partial charge on any atom is -0.399 e. The molecule has 0 spiro atoms. The van der Waals surface area contributed by atoms with Crippen molar-refractivity contribution in [3.05, 3.63) is 29.8 Å². The first-order valence-corrected chi connectivity index (χ1v) is 6.34. The number of hydrogen-bond acceptors (Lipinski definition) is 2. The Kier molecular flexibility index (Phi) is 3.67. The van der Waals surface area contributed by atoms with Crippen LogP contribution in [0.2, 0.25) is 0 Å². The summed E-state index contributed by atoms with van der Waals surface area (Å²) >= 11 is 0. The van der Waals surface area contributed by atoms with Crippen LogP contribution in [-0.4, -0.2) is 17.4 Å². The van der Waals surface area contributed by atoms with Gasteiger partial charge >= 0.3 is 0 Å². The summed E-state index contributed by atoms with van der Waals surface area (Å²) in [5.41, 5.74) is 7.62. The molecule has 0 atom stereocenters. The molecule has 3 nitrogen and oxygen atoms in total. The van der Waals surface area contributed by atoms with E-state index in [4.69, 9.17) is 5.73 Å². The Hall–Kier alpha value is -1.51. The Balaban J connectivity index is 2.01. The first-order chi connectivity index (χ1) is 8.20. The van der Waals surface area contributed by atoms with Crippen molar-refractivity contribution in [3.63, 3.8) is 0 Å². The van der Waals surface area contributed by atoms with Crippen LogP contribution >= 0.6 is 0 Å². The highest BCUT2D eigenvalue weighted by atomic mass is 16.2. The van der Waals surface area contributed by atoms with Gasteiger partial charge in [0.25, 0.3) is 0 Å². The Morgan fingerprint density at radius 1 is 1.47 bits per heavy atom. The fourth-order valence-electron chi connectivity index (χ4n) is 2.17. The van der Waals surface area contributed by atoms with Gasteiger partial charge in [-0.25, -0.2) is 0 Å². The van der Waals surface area contributed by atoms with Gasteiger partial charge in [-0.15, -0.1) is 0 Å². The van der Waals surface area contributed by atoms with E-state index in [1.165, 1.54) is 6.42 Å². The van der Waals surface area contributed by atoms with E-state index in [-0.39, 0.29) is 5.92 Å².